The maximum atomic E-state index is 11.3. The van der Waals surface area contributed by atoms with Crippen LogP contribution in [0.4, 0.5) is 0 Å². The molecule has 1 aromatic carbocycles. The first-order valence-corrected chi connectivity index (χ1v) is 6.05. The van der Waals surface area contributed by atoms with E-state index in [4.69, 9.17) is 9.47 Å². The van der Waals surface area contributed by atoms with Crippen LogP contribution < -0.4 is 9.47 Å². The average molecular weight is 245 g/mol. The number of Topliss-reactive ketones (excluding diaryl/α,β-unsaturated/α-hetero) is 1. The topological polar surface area (TPSA) is 51.3 Å². The van der Waals surface area contributed by atoms with E-state index in [2.05, 4.69) is 4.98 Å². The van der Waals surface area contributed by atoms with Gasteiger partial charge in [-0.15, -0.1) is 0 Å². The number of hydrogen-bond donors (Lipinski definition) is 1. The maximum Gasteiger partial charge on any atom is 0.163 e. The number of carbonyl (C=O) groups is 1. The number of rotatable bonds is 2. The predicted molar refractivity (Wildman–Crippen MR) is 68.4 cm³/mol. The first kappa shape index (κ1) is 11.1. The highest BCUT2D eigenvalue weighted by Crippen LogP contribution is 2.36. The van der Waals surface area contributed by atoms with Crippen molar-refractivity contribution in [1.29, 1.82) is 0 Å². The molecule has 2 heterocycles. The van der Waals surface area contributed by atoms with Crippen molar-refractivity contribution in [2.24, 2.45) is 0 Å². The van der Waals surface area contributed by atoms with E-state index in [-0.39, 0.29) is 5.78 Å². The third kappa shape index (κ3) is 1.74. The summed E-state index contributed by atoms with van der Waals surface area (Å²) in [5, 5.41) is 1.05. The van der Waals surface area contributed by atoms with Gasteiger partial charge in [0.15, 0.2) is 11.5 Å². The van der Waals surface area contributed by atoms with Gasteiger partial charge in [0.2, 0.25) is 0 Å². The van der Waals surface area contributed by atoms with E-state index in [1.165, 1.54) is 0 Å². The number of H-pyrrole nitrogens is 1. The molecule has 0 spiro atoms. The molecule has 0 bridgehead atoms. The van der Waals surface area contributed by atoms with Crippen molar-refractivity contribution in [1.82, 2.24) is 4.98 Å². The zero-order valence-corrected chi connectivity index (χ0v) is 10.5. The van der Waals surface area contributed by atoms with Crippen molar-refractivity contribution < 1.29 is 14.3 Å². The Labute approximate surface area is 105 Å². The van der Waals surface area contributed by atoms with E-state index in [9.17, 15) is 4.79 Å². The number of hydrogen-bond acceptors (Lipinski definition) is 3. The Morgan fingerprint density at radius 1 is 1.28 bits per heavy atom. The Bertz CT molecular complexity index is 627. The van der Waals surface area contributed by atoms with Gasteiger partial charge >= 0.3 is 0 Å². The van der Waals surface area contributed by atoms with Gasteiger partial charge in [-0.2, -0.15) is 0 Å². The minimum absolute atomic E-state index is 0.161. The molecule has 0 aliphatic carbocycles. The summed E-state index contributed by atoms with van der Waals surface area (Å²) in [6, 6.07) is 3.91. The Kier molecular flexibility index (Phi) is 2.51. The molecule has 0 saturated heterocycles. The Balaban J connectivity index is 2.18. The summed E-state index contributed by atoms with van der Waals surface area (Å²) in [4.78, 5) is 14.6. The lowest BCUT2D eigenvalue weighted by Crippen LogP contribution is -2.15. The third-order valence-electron chi connectivity index (χ3n) is 3.21. The lowest BCUT2D eigenvalue weighted by atomic mass is 10.1. The van der Waals surface area contributed by atoms with Crippen LogP contribution in [0.1, 0.15) is 18.2 Å². The molecule has 1 aliphatic rings. The van der Waals surface area contributed by atoms with Gasteiger partial charge in [-0.1, -0.05) is 0 Å². The average Bonchev–Trinajstić information content (AvgIpc) is 2.62. The highest BCUT2D eigenvalue weighted by molar-refractivity contribution is 5.92. The summed E-state index contributed by atoms with van der Waals surface area (Å²) in [6.07, 6.45) is 0.450. The minimum atomic E-state index is 0.161. The fraction of sp³-hybridized carbons (Fsp3) is 0.357. The number of nitrogens with one attached hydrogen (secondary N) is 1. The molecule has 0 radical (unpaired) electrons. The van der Waals surface area contributed by atoms with Crippen molar-refractivity contribution >= 4 is 16.7 Å². The third-order valence-corrected chi connectivity index (χ3v) is 3.21. The SMILES string of the molecule is CC(=O)Cc1c(C)[nH]c2cc3c(cc12)OCCO3. The zero-order chi connectivity index (χ0) is 12.7. The van der Waals surface area contributed by atoms with Gasteiger partial charge in [0, 0.05) is 29.1 Å². The number of aryl methyl sites for hydroxylation is 1. The van der Waals surface area contributed by atoms with Gasteiger partial charge in [-0.25, -0.2) is 0 Å². The molecule has 0 amide bonds. The molecular formula is C14H15NO3. The van der Waals surface area contributed by atoms with Crippen LogP contribution in [0.3, 0.4) is 0 Å². The summed E-state index contributed by atoms with van der Waals surface area (Å²) in [7, 11) is 0. The van der Waals surface area contributed by atoms with Crippen LogP contribution in [0.25, 0.3) is 10.9 Å². The van der Waals surface area contributed by atoms with Crippen LogP contribution in [-0.4, -0.2) is 24.0 Å². The molecule has 3 rings (SSSR count). The number of ether oxygens (including phenoxy) is 2. The Morgan fingerprint density at radius 3 is 2.61 bits per heavy atom. The number of carbonyl (C=O) groups excluding carboxylic acids is 1. The lowest BCUT2D eigenvalue weighted by Gasteiger charge is -2.18. The summed E-state index contributed by atoms with van der Waals surface area (Å²) >= 11 is 0. The van der Waals surface area contributed by atoms with Gasteiger partial charge < -0.3 is 14.5 Å². The van der Waals surface area contributed by atoms with Crippen LogP contribution in [0.2, 0.25) is 0 Å². The molecule has 4 heteroatoms. The molecule has 18 heavy (non-hydrogen) atoms. The minimum Gasteiger partial charge on any atom is -0.486 e. The second-order valence-corrected chi connectivity index (χ2v) is 4.65. The summed E-state index contributed by atoms with van der Waals surface area (Å²) in [5.74, 6) is 1.69. The van der Waals surface area contributed by atoms with E-state index in [1.807, 2.05) is 19.1 Å². The van der Waals surface area contributed by atoms with Crippen molar-refractivity contribution in [3.8, 4) is 11.5 Å². The number of aromatic amines is 1. The highest BCUT2D eigenvalue weighted by Gasteiger charge is 2.17. The van der Waals surface area contributed by atoms with E-state index in [1.54, 1.807) is 6.92 Å². The monoisotopic (exact) mass is 245 g/mol. The van der Waals surface area contributed by atoms with Crippen LogP contribution in [0.15, 0.2) is 12.1 Å². The number of benzene rings is 1. The fourth-order valence-electron chi connectivity index (χ4n) is 2.40. The van der Waals surface area contributed by atoms with Crippen LogP contribution in [0, 0.1) is 6.92 Å². The second kappa shape index (κ2) is 4.05. The second-order valence-electron chi connectivity index (χ2n) is 4.65. The molecule has 1 N–H and O–H groups in total. The molecule has 0 saturated carbocycles. The molecule has 0 atom stereocenters. The number of ketones is 1. The Morgan fingerprint density at radius 2 is 1.94 bits per heavy atom. The van der Waals surface area contributed by atoms with E-state index >= 15 is 0 Å². The molecule has 1 aromatic heterocycles. The van der Waals surface area contributed by atoms with E-state index in [0.717, 1.165) is 33.7 Å². The van der Waals surface area contributed by atoms with Gasteiger partial charge in [0.05, 0.1) is 0 Å². The zero-order valence-electron chi connectivity index (χ0n) is 10.5. The first-order valence-electron chi connectivity index (χ1n) is 6.05. The van der Waals surface area contributed by atoms with Gasteiger partial charge in [-0.3, -0.25) is 4.79 Å². The maximum absolute atomic E-state index is 11.3. The summed E-state index contributed by atoms with van der Waals surface area (Å²) in [6.45, 7) is 4.75. The standard InChI is InChI=1S/C14H15NO3/c1-8(16)5-10-9(2)15-12-7-14-13(6-11(10)12)17-3-4-18-14/h6-7,15H,3-5H2,1-2H3. The summed E-state index contributed by atoms with van der Waals surface area (Å²) < 4.78 is 11.1. The Hall–Kier alpha value is -1.97. The van der Waals surface area contributed by atoms with E-state index < -0.39 is 0 Å². The van der Waals surface area contributed by atoms with Crippen molar-refractivity contribution in [2.45, 2.75) is 20.3 Å². The molecule has 1 aliphatic heterocycles. The first-order chi connectivity index (χ1) is 8.65. The molecule has 4 nitrogen and oxygen atoms in total. The summed E-state index contributed by atoms with van der Waals surface area (Å²) in [5.41, 5.74) is 3.07. The number of aromatic nitrogens is 1. The molecule has 0 unspecified atom stereocenters. The van der Waals surface area contributed by atoms with Crippen LogP contribution in [-0.2, 0) is 11.2 Å². The van der Waals surface area contributed by atoms with Crippen molar-refractivity contribution in [3.63, 3.8) is 0 Å². The lowest BCUT2D eigenvalue weighted by molar-refractivity contribution is -0.116. The molecule has 0 fully saturated rings. The van der Waals surface area contributed by atoms with Gasteiger partial charge in [-0.05, 0) is 25.5 Å². The molecule has 94 valence electrons. The van der Waals surface area contributed by atoms with Crippen molar-refractivity contribution in [3.05, 3.63) is 23.4 Å². The molecule has 2 aromatic rings. The largest absolute Gasteiger partial charge is 0.486 e. The van der Waals surface area contributed by atoms with Gasteiger partial charge in [0.1, 0.15) is 19.0 Å². The normalized spacial score (nSPS) is 13.9. The quantitative estimate of drug-likeness (QED) is 0.883. The van der Waals surface area contributed by atoms with E-state index in [0.29, 0.717) is 19.6 Å². The number of fused-ring (bicyclic) bond motifs is 2. The smallest absolute Gasteiger partial charge is 0.163 e. The molecular weight excluding hydrogens is 230 g/mol. The fourth-order valence-corrected chi connectivity index (χ4v) is 2.40. The van der Waals surface area contributed by atoms with Crippen LogP contribution in [0.5, 0.6) is 11.5 Å². The highest BCUT2D eigenvalue weighted by atomic mass is 16.6. The predicted octanol–water partition coefficient (Wildman–Crippen LogP) is 2.38. The van der Waals surface area contributed by atoms with Crippen LogP contribution >= 0.6 is 0 Å². The van der Waals surface area contributed by atoms with Gasteiger partial charge in [0.25, 0.3) is 0 Å². The van der Waals surface area contributed by atoms with Crippen molar-refractivity contribution in [2.75, 3.05) is 13.2 Å².